The third kappa shape index (κ3) is 7.04. The number of ether oxygens (including phenoxy) is 2. The van der Waals surface area contributed by atoms with E-state index < -0.39 is 29.6 Å². The van der Waals surface area contributed by atoms with Crippen LogP contribution in [0.3, 0.4) is 0 Å². The average Bonchev–Trinajstić information content (AvgIpc) is 2.88. The van der Waals surface area contributed by atoms with Gasteiger partial charge in [-0.15, -0.1) is 0 Å². The van der Waals surface area contributed by atoms with Crippen LogP contribution in [0, 0.1) is 11.6 Å². The number of hydrogen-bond acceptors (Lipinski definition) is 4. The van der Waals surface area contributed by atoms with Gasteiger partial charge in [0.1, 0.15) is 17.8 Å². The minimum Gasteiger partial charge on any atom is -0.493 e. The van der Waals surface area contributed by atoms with Crippen LogP contribution in [0.4, 0.5) is 8.78 Å². The maximum absolute atomic E-state index is 14.2. The quantitative estimate of drug-likeness (QED) is 0.246. The van der Waals surface area contributed by atoms with Crippen LogP contribution in [0.25, 0.3) is 0 Å². The van der Waals surface area contributed by atoms with E-state index in [1.54, 1.807) is 18.2 Å². The zero-order valence-electron chi connectivity index (χ0n) is 20.4. The van der Waals surface area contributed by atoms with E-state index in [-0.39, 0.29) is 11.1 Å². The predicted molar refractivity (Wildman–Crippen MR) is 133 cm³/mol. The lowest BCUT2D eigenvalue weighted by Gasteiger charge is -2.22. The number of hydrogen-bond donors (Lipinski definition) is 2. The molecule has 0 aliphatic carbocycles. The van der Waals surface area contributed by atoms with Crippen molar-refractivity contribution >= 4 is 11.8 Å². The van der Waals surface area contributed by atoms with Gasteiger partial charge < -0.3 is 20.1 Å². The number of benzene rings is 3. The lowest BCUT2D eigenvalue weighted by molar-refractivity contribution is 0.0879. The summed E-state index contributed by atoms with van der Waals surface area (Å²) in [5.41, 5.74) is 0.0443. The van der Waals surface area contributed by atoms with Crippen molar-refractivity contribution in [1.29, 1.82) is 0 Å². The Balaban J connectivity index is 1.86. The van der Waals surface area contributed by atoms with Gasteiger partial charge in [-0.25, -0.2) is 8.78 Å². The molecule has 2 N–H and O–H groups in total. The van der Waals surface area contributed by atoms with Gasteiger partial charge in [0.25, 0.3) is 11.8 Å². The monoisotopic (exact) mass is 496 g/mol. The Labute approximate surface area is 209 Å². The third-order valence-electron chi connectivity index (χ3n) is 5.56. The Hall–Kier alpha value is -3.94. The lowest BCUT2D eigenvalue weighted by atomic mass is 10.1. The molecule has 0 saturated carbocycles. The Morgan fingerprint density at radius 1 is 0.806 bits per heavy atom. The Morgan fingerprint density at radius 2 is 1.39 bits per heavy atom. The second kappa shape index (κ2) is 13.2. The minimum absolute atomic E-state index is 0.193. The fourth-order valence-electron chi connectivity index (χ4n) is 3.61. The first-order valence-electron chi connectivity index (χ1n) is 11.9. The molecule has 36 heavy (non-hydrogen) atoms. The van der Waals surface area contributed by atoms with Gasteiger partial charge in [-0.3, -0.25) is 9.59 Å². The average molecular weight is 497 g/mol. The standard InChI is InChI=1S/C28H30F2N2O4/c1-3-4-5-10-17-36-24-16-15-19(18-25(24)35-2)26(31-27(33)20-11-6-8-13-22(20)29)32-28(34)21-12-7-9-14-23(21)30/h6-9,11-16,18,26H,3-5,10,17H2,1-2H3,(H,31,33)(H,32,34). The van der Waals surface area contributed by atoms with Crippen molar-refractivity contribution in [1.82, 2.24) is 10.6 Å². The van der Waals surface area contributed by atoms with Crippen LogP contribution >= 0.6 is 0 Å². The number of methoxy groups -OCH3 is 1. The zero-order chi connectivity index (χ0) is 25.9. The van der Waals surface area contributed by atoms with Gasteiger partial charge in [0.15, 0.2) is 11.5 Å². The molecule has 0 unspecified atom stereocenters. The summed E-state index contributed by atoms with van der Waals surface area (Å²) in [6.45, 7) is 2.65. The summed E-state index contributed by atoms with van der Waals surface area (Å²) in [4.78, 5) is 25.7. The number of rotatable bonds is 12. The largest absolute Gasteiger partial charge is 0.493 e. The van der Waals surface area contributed by atoms with Crippen LogP contribution in [-0.4, -0.2) is 25.5 Å². The molecule has 2 amide bonds. The van der Waals surface area contributed by atoms with E-state index in [0.717, 1.165) is 37.8 Å². The van der Waals surface area contributed by atoms with E-state index in [1.807, 2.05) is 0 Å². The summed E-state index contributed by atoms with van der Waals surface area (Å²) < 4.78 is 39.7. The Morgan fingerprint density at radius 3 is 1.92 bits per heavy atom. The molecule has 0 aliphatic rings. The highest BCUT2D eigenvalue weighted by Gasteiger charge is 2.23. The summed E-state index contributed by atoms with van der Waals surface area (Å²) >= 11 is 0. The number of nitrogens with one attached hydrogen (secondary N) is 2. The zero-order valence-corrected chi connectivity index (χ0v) is 20.4. The molecule has 0 atom stereocenters. The van der Waals surface area contributed by atoms with Crippen molar-refractivity contribution in [3.63, 3.8) is 0 Å². The molecule has 0 spiro atoms. The molecule has 6 nitrogen and oxygen atoms in total. The summed E-state index contributed by atoms with van der Waals surface area (Å²) in [6.07, 6.45) is 3.10. The third-order valence-corrected chi connectivity index (χ3v) is 5.56. The van der Waals surface area contributed by atoms with Crippen LogP contribution in [0.5, 0.6) is 11.5 Å². The maximum atomic E-state index is 14.2. The summed E-state index contributed by atoms with van der Waals surface area (Å²) in [5.74, 6) is -2.01. The highest BCUT2D eigenvalue weighted by Crippen LogP contribution is 2.30. The van der Waals surface area contributed by atoms with Gasteiger partial charge in [0.2, 0.25) is 0 Å². The molecule has 3 aromatic rings. The van der Waals surface area contributed by atoms with E-state index in [4.69, 9.17) is 9.47 Å². The molecule has 0 bridgehead atoms. The van der Waals surface area contributed by atoms with E-state index in [9.17, 15) is 18.4 Å². The molecule has 190 valence electrons. The number of carbonyl (C=O) groups is 2. The first-order chi connectivity index (χ1) is 17.4. The topological polar surface area (TPSA) is 76.7 Å². The van der Waals surface area contributed by atoms with Crippen molar-refractivity contribution < 1.29 is 27.8 Å². The normalized spacial score (nSPS) is 10.7. The molecule has 0 aromatic heterocycles. The van der Waals surface area contributed by atoms with Gasteiger partial charge in [-0.1, -0.05) is 56.5 Å². The van der Waals surface area contributed by atoms with Gasteiger partial charge in [0.05, 0.1) is 24.8 Å². The molecule has 3 rings (SSSR count). The number of halogens is 2. The van der Waals surface area contributed by atoms with Crippen LogP contribution in [0.1, 0.15) is 65.1 Å². The molecule has 0 saturated heterocycles. The smallest absolute Gasteiger partial charge is 0.256 e. The maximum Gasteiger partial charge on any atom is 0.256 e. The molecule has 0 fully saturated rings. The highest BCUT2D eigenvalue weighted by atomic mass is 19.1. The number of carbonyl (C=O) groups excluding carboxylic acids is 2. The van der Waals surface area contributed by atoms with E-state index >= 15 is 0 Å². The van der Waals surface area contributed by atoms with Gasteiger partial charge in [-0.05, 0) is 48.4 Å². The van der Waals surface area contributed by atoms with Crippen LogP contribution < -0.4 is 20.1 Å². The molecule has 0 radical (unpaired) electrons. The minimum atomic E-state index is -1.11. The molecule has 0 aliphatic heterocycles. The summed E-state index contributed by atoms with van der Waals surface area (Å²) in [6, 6.07) is 15.9. The molecule has 3 aromatic carbocycles. The molecular formula is C28H30F2N2O4. The Kier molecular flexibility index (Phi) is 9.80. The highest BCUT2D eigenvalue weighted by molar-refractivity contribution is 5.97. The molecular weight excluding hydrogens is 466 g/mol. The number of unbranched alkanes of at least 4 members (excludes halogenated alkanes) is 3. The van der Waals surface area contributed by atoms with E-state index in [0.29, 0.717) is 23.7 Å². The summed E-state index contributed by atoms with van der Waals surface area (Å²) in [7, 11) is 1.48. The van der Waals surface area contributed by atoms with Gasteiger partial charge >= 0.3 is 0 Å². The van der Waals surface area contributed by atoms with Crippen molar-refractivity contribution in [2.45, 2.75) is 38.8 Å². The molecule has 8 heteroatoms. The fourth-order valence-corrected chi connectivity index (χ4v) is 3.61. The van der Waals surface area contributed by atoms with Crippen molar-refractivity contribution in [3.8, 4) is 11.5 Å². The van der Waals surface area contributed by atoms with Crippen LogP contribution in [0.15, 0.2) is 66.7 Å². The van der Waals surface area contributed by atoms with Crippen molar-refractivity contribution in [3.05, 3.63) is 95.1 Å². The van der Waals surface area contributed by atoms with Crippen molar-refractivity contribution in [2.24, 2.45) is 0 Å². The molecule has 0 heterocycles. The first-order valence-corrected chi connectivity index (χ1v) is 11.9. The fraction of sp³-hybridized carbons (Fsp3) is 0.286. The van der Waals surface area contributed by atoms with E-state index in [2.05, 4.69) is 17.6 Å². The van der Waals surface area contributed by atoms with E-state index in [1.165, 1.54) is 43.5 Å². The summed E-state index contributed by atoms with van der Waals surface area (Å²) in [5, 5.41) is 5.24. The second-order valence-electron chi connectivity index (χ2n) is 8.16. The number of amides is 2. The predicted octanol–water partition coefficient (Wildman–Crippen LogP) is 5.79. The second-order valence-corrected chi connectivity index (χ2v) is 8.16. The Bertz CT molecular complexity index is 1130. The SMILES string of the molecule is CCCCCCOc1ccc(C(NC(=O)c2ccccc2F)NC(=O)c2ccccc2F)cc1OC. The van der Waals surface area contributed by atoms with Gasteiger partial charge in [0, 0.05) is 0 Å². The first kappa shape index (κ1) is 26.7. The lowest BCUT2D eigenvalue weighted by Crippen LogP contribution is -2.41. The van der Waals surface area contributed by atoms with Crippen molar-refractivity contribution in [2.75, 3.05) is 13.7 Å². The van der Waals surface area contributed by atoms with Crippen LogP contribution in [-0.2, 0) is 0 Å². The van der Waals surface area contributed by atoms with Gasteiger partial charge in [-0.2, -0.15) is 0 Å². The van der Waals surface area contributed by atoms with Crippen LogP contribution in [0.2, 0.25) is 0 Å².